The molecular weight excluding hydrogens is 228 g/mol. The largest absolute Gasteiger partial charge is 0.0683 e. The van der Waals surface area contributed by atoms with Gasteiger partial charge in [0, 0.05) is 0 Å². The summed E-state index contributed by atoms with van der Waals surface area (Å²) >= 11 is 0. The minimum atomic E-state index is 0.227. The van der Waals surface area contributed by atoms with Crippen LogP contribution in [0.1, 0.15) is 45.7 Å². The van der Waals surface area contributed by atoms with Gasteiger partial charge in [-0.1, -0.05) is 88.7 Å². The fourth-order valence-corrected chi connectivity index (χ4v) is 1.99. The van der Waals surface area contributed by atoms with Crippen LogP contribution in [-0.2, 0) is 5.41 Å². The summed E-state index contributed by atoms with van der Waals surface area (Å²) in [6.07, 6.45) is 0. The maximum Gasteiger partial charge on any atom is -0.0132 e. The SMILES string of the molecule is CC.Cc1cccc(-c2ccc(C(C)(C)C)cc2)c1. The summed E-state index contributed by atoms with van der Waals surface area (Å²) in [5.74, 6) is 0. The summed E-state index contributed by atoms with van der Waals surface area (Å²) in [7, 11) is 0. The zero-order chi connectivity index (χ0) is 14.5. The molecule has 0 spiro atoms. The summed E-state index contributed by atoms with van der Waals surface area (Å²) in [6.45, 7) is 12.9. The van der Waals surface area contributed by atoms with Crippen molar-refractivity contribution in [3.63, 3.8) is 0 Å². The van der Waals surface area contributed by atoms with Crippen LogP contribution in [0.2, 0.25) is 0 Å². The van der Waals surface area contributed by atoms with Crippen molar-refractivity contribution in [3.05, 3.63) is 59.7 Å². The highest BCUT2D eigenvalue weighted by atomic mass is 14.2. The Morgan fingerprint density at radius 3 is 1.79 bits per heavy atom. The predicted molar refractivity (Wildman–Crippen MR) is 86.7 cm³/mol. The molecule has 102 valence electrons. The van der Waals surface area contributed by atoms with E-state index in [1.54, 1.807) is 0 Å². The van der Waals surface area contributed by atoms with Gasteiger partial charge in [0.2, 0.25) is 0 Å². The second-order valence-electron chi connectivity index (χ2n) is 5.70. The molecule has 0 saturated carbocycles. The van der Waals surface area contributed by atoms with E-state index in [1.165, 1.54) is 22.3 Å². The molecule has 0 bridgehead atoms. The molecule has 2 rings (SSSR count). The summed E-state index contributed by atoms with van der Waals surface area (Å²) in [5, 5.41) is 0. The summed E-state index contributed by atoms with van der Waals surface area (Å²) in [6, 6.07) is 17.5. The Kier molecular flexibility index (Phi) is 5.35. The second-order valence-corrected chi connectivity index (χ2v) is 5.70. The Hall–Kier alpha value is -1.56. The lowest BCUT2D eigenvalue weighted by atomic mass is 9.86. The van der Waals surface area contributed by atoms with Gasteiger partial charge in [-0.25, -0.2) is 0 Å². The third-order valence-electron chi connectivity index (χ3n) is 3.10. The average Bonchev–Trinajstić information content (AvgIpc) is 2.40. The van der Waals surface area contributed by atoms with E-state index in [0.29, 0.717) is 0 Å². The summed E-state index contributed by atoms with van der Waals surface area (Å²) < 4.78 is 0. The van der Waals surface area contributed by atoms with Crippen molar-refractivity contribution in [1.29, 1.82) is 0 Å². The molecule has 0 nitrogen and oxygen atoms in total. The second kappa shape index (κ2) is 6.56. The van der Waals surface area contributed by atoms with Gasteiger partial charge in [0.1, 0.15) is 0 Å². The molecule has 0 fully saturated rings. The third kappa shape index (κ3) is 4.24. The minimum Gasteiger partial charge on any atom is -0.0683 e. The van der Waals surface area contributed by atoms with E-state index >= 15 is 0 Å². The number of rotatable bonds is 1. The highest BCUT2D eigenvalue weighted by molar-refractivity contribution is 5.64. The number of hydrogen-bond acceptors (Lipinski definition) is 0. The topological polar surface area (TPSA) is 0 Å². The van der Waals surface area contributed by atoms with E-state index in [2.05, 4.69) is 76.2 Å². The fourth-order valence-electron chi connectivity index (χ4n) is 1.99. The first-order valence-electron chi connectivity index (χ1n) is 7.14. The molecule has 0 saturated heterocycles. The molecule has 0 radical (unpaired) electrons. The first-order valence-corrected chi connectivity index (χ1v) is 7.14. The van der Waals surface area contributed by atoms with E-state index in [0.717, 1.165) is 0 Å². The van der Waals surface area contributed by atoms with Crippen LogP contribution >= 0.6 is 0 Å². The van der Waals surface area contributed by atoms with Gasteiger partial charge in [0.05, 0.1) is 0 Å². The van der Waals surface area contributed by atoms with Crippen LogP contribution in [0, 0.1) is 6.92 Å². The van der Waals surface area contributed by atoms with E-state index < -0.39 is 0 Å². The molecule has 0 aromatic heterocycles. The Morgan fingerprint density at radius 2 is 1.32 bits per heavy atom. The fraction of sp³-hybridized carbons (Fsp3) is 0.368. The van der Waals surface area contributed by atoms with Crippen molar-refractivity contribution in [3.8, 4) is 11.1 Å². The maximum atomic E-state index is 2.24. The lowest BCUT2D eigenvalue weighted by Crippen LogP contribution is -2.10. The lowest BCUT2D eigenvalue weighted by Gasteiger charge is -2.19. The first-order chi connectivity index (χ1) is 8.97. The van der Waals surface area contributed by atoms with Gasteiger partial charge in [-0.15, -0.1) is 0 Å². The first kappa shape index (κ1) is 15.5. The van der Waals surface area contributed by atoms with Crippen LogP contribution in [0.15, 0.2) is 48.5 Å². The molecule has 0 unspecified atom stereocenters. The number of aryl methyl sites for hydroxylation is 1. The van der Waals surface area contributed by atoms with E-state index in [-0.39, 0.29) is 5.41 Å². The Bertz CT molecular complexity index is 498. The molecule has 0 heteroatoms. The smallest absolute Gasteiger partial charge is 0.0132 e. The molecule has 2 aromatic rings. The standard InChI is InChI=1S/C17H20.C2H6/c1-13-6-5-7-15(12-13)14-8-10-16(11-9-14)17(2,3)4;1-2/h5-12H,1-4H3;1-2H3. The van der Waals surface area contributed by atoms with Gasteiger partial charge in [-0.05, 0) is 29.0 Å². The van der Waals surface area contributed by atoms with Crippen LogP contribution in [-0.4, -0.2) is 0 Å². The van der Waals surface area contributed by atoms with Gasteiger partial charge >= 0.3 is 0 Å². The van der Waals surface area contributed by atoms with Crippen molar-refractivity contribution in [1.82, 2.24) is 0 Å². The highest BCUT2D eigenvalue weighted by Gasteiger charge is 2.12. The Balaban J connectivity index is 0.000000861. The van der Waals surface area contributed by atoms with Crippen molar-refractivity contribution >= 4 is 0 Å². The quantitative estimate of drug-likeness (QED) is 0.586. The van der Waals surface area contributed by atoms with E-state index in [4.69, 9.17) is 0 Å². The monoisotopic (exact) mass is 254 g/mol. The Labute approximate surface area is 118 Å². The molecule has 0 N–H and O–H groups in total. The van der Waals surface area contributed by atoms with Gasteiger partial charge in [0.25, 0.3) is 0 Å². The molecule has 0 amide bonds. The van der Waals surface area contributed by atoms with Crippen LogP contribution in [0.5, 0.6) is 0 Å². The van der Waals surface area contributed by atoms with Crippen LogP contribution < -0.4 is 0 Å². The van der Waals surface area contributed by atoms with Crippen LogP contribution in [0.3, 0.4) is 0 Å². The minimum absolute atomic E-state index is 0.227. The van der Waals surface area contributed by atoms with Crippen LogP contribution in [0.25, 0.3) is 11.1 Å². The van der Waals surface area contributed by atoms with Crippen LogP contribution in [0.4, 0.5) is 0 Å². The molecule has 2 aromatic carbocycles. The van der Waals surface area contributed by atoms with Gasteiger partial charge < -0.3 is 0 Å². The third-order valence-corrected chi connectivity index (χ3v) is 3.10. The van der Waals surface area contributed by atoms with Gasteiger partial charge in [0.15, 0.2) is 0 Å². The molecular formula is C19H26. The molecule has 0 atom stereocenters. The number of hydrogen-bond donors (Lipinski definition) is 0. The van der Waals surface area contributed by atoms with Crippen molar-refractivity contribution in [2.24, 2.45) is 0 Å². The number of benzene rings is 2. The molecule has 19 heavy (non-hydrogen) atoms. The molecule has 0 aliphatic carbocycles. The highest BCUT2D eigenvalue weighted by Crippen LogP contribution is 2.26. The maximum absolute atomic E-state index is 2.24. The van der Waals surface area contributed by atoms with E-state index in [1.807, 2.05) is 13.8 Å². The average molecular weight is 254 g/mol. The van der Waals surface area contributed by atoms with E-state index in [9.17, 15) is 0 Å². The van der Waals surface area contributed by atoms with Crippen molar-refractivity contribution in [2.75, 3.05) is 0 Å². The summed E-state index contributed by atoms with van der Waals surface area (Å²) in [4.78, 5) is 0. The molecule has 0 aliphatic heterocycles. The zero-order valence-electron chi connectivity index (χ0n) is 13.1. The van der Waals surface area contributed by atoms with Gasteiger partial charge in [-0.2, -0.15) is 0 Å². The lowest BCUT2D eigenvalue weighted by molar-refractivity contribution is 0.590. The van der Waals surface area contributed by atoms with Crippen molar-refractivity contribution < 1.29 is 0 Å². The zero-order valence-corrected chi connectivity index (χ0v) is 13.1. The predicted octanol–water partition coefficient (Wildman–Crippen LogP) is 5.99. The van der Waals surface area contributed by atoms with Gasteiger partial charge in [-0.3, -0.25) is 0 Å². The normalized spacial score (nSPS) is 10.6. The van der Waals surface area contributed by atoms with Crippen molar-refractivity contribution in [2.45, 2.75) is 47.0 Å². The Morgan fingerprint density at radius 1 is 0.737 bits per heavy atom. The molecule has 0 heterocycles. The molecule has 0 aliphatic rings. The summed E-state index contributed by atoms with van der Waals surface area (Å²) in [5.41, 5.74) is 5.51.